The van der Waals surface area contributed by atoms with E-state index in [2.05, 4.69) is 5.32 Å². The Balaban J connectivity index is 2.11. The maximum atomic E-state index is 12.0. The van der Waals surface area contributed by atoms with E-state index in [1.54, 1.807) is 12.1 Å². The van der Waals surface area contributed by atoms with Crippen molar-refractivity contribution in [1.82, 2.24) is 5.32 Å². The van der Waals surface area contributed by atoms with Crippen molar-refractivity contribution in [3.05, 3.63) is 40.8 Å². The average Bonchev–Trinajstić information content (AvgIpc) is 2.38. The first-order valence-corrected chi connectivity index (χ1v) is 7.90. The molecule has 0 unspecified atom stereocenters. The third kappa shape index (κ3) is 3.57. The number of nitrogens with one attached hydrogen (secondary N) is 1. The molecule has 1 aromatic carbocycles. The fourth-order valence-electron chi connectivity index (χ4n) is 1.95. The summed E-state index contributed by atoms with van der Waals surface area (Å²) < 4.78 is 24.1. The molecule has 0 radical (unpaired) electrons. The molecule has 1 fully saturated rings. The van der Waals surface area contributed by atoms with Crippen molar-refractivity contribution in [3.63, 3.8) is 0 Å². The van der Waals surface area contributed by atoms with Crippen LogP contribution in [0.4, 0.5) is 0 Å². The van der Waals surface area contributed by atoms with E-state index in [1.807, 2.05) is 6.08 Å². The summed E-state index contributed by atoms with van der Waals surface area (Å²) in [6.07, 6.45) is 3.80. The summed E-state index contributed by atoms with van der Waals surface area (Å²) in [6, 6.07) is 6.24. The van der Waals surface area contributed by atoms with Gasteiger partial charge in [-0.2, -0.15) is 0 Å². The fourth-order valence-corrected chi connectivity index (χ4v) is 3.18. The fraction of sp³-hybridized carbons (Fsp3) is 0.385. The minimum atomic E-state index is -3.34. The van der Waals surface area contributed by atoms with Crippen LogP contribution < -0.4 is 5.32 Å². The Kier molecular flexibility index (Phi) is 4.43. The number of benzene rings is 1. The number of piperidine rings is 1. The summed E-state index contributed by atoms with van der Waals surface area (Å²) in [7, 11) is -3.34. The van der Waals surface area contributed by atoms with Crippen LogP contribution in [-0.2, 0) is 9.84 Å². The van der Waals surface area contributed by atoms with E-state index in [0.717, 1.165) is 25.9 Å². The Morgan fingerprint density at radius 2 is 1.78 bits per heavy atom. The zero-order chi connectivity index (χ0) is 13.0. The van der Waals surface area contributed by atoms with Gasteiger partial charge >= 0.3 is 0 Å². The maximum absolute atomic E-state index is 12.0. The molecule has 98 valence electrons. The van der Waals surface area contributed by atoms with E-state index in [0.29, 0.717) is 10.9 Å². The largest absolute Gasteiger partial charge is 0.317 e. The van der Waals surface area contributed by atoms with Gasteiger partial charge in [0, 0.05) is 10.4 Å². The van der Waals surface area contributed by atoms with Gasteiger partial charge in [-0.3, -0.25) is 0 Å². The Bertz CT molecular complexity index is 516. The maximum Gasteiger partial charge on any atom is 0.199 e. The Labute approximate surface area is 113 Å². The van der Waals surface area contributed by atoms with Crippen molar-refractivity contribution in [2.75, 3.05) is 13.1 Å². The predicted molar refractivity (Wildman–Crippen MR) is 73.4 cm³/mol. The van der Waals surface area contributed by atoms with Gasteiger partial charge in [-0.15, -0.1) is 0 Å². The van der Waals surface area contributed by atoms with Crippen LogP contribution in [0.25, 0.3) is 0 Å². The number of rotatable bonds is 3. The molecule has 5 heteroatoms. The summed E-state index contributed by atoms with van der Waals surface area (Å²) in [6.45, 7) is 1.91. The van der Waals surface area contributed by atoms with Crippen molar-refractivity contribution in [2.45, 2.75) is 17.7 Å². The SMILES string of the molecule is O=S(=O)(C=CC1CCNCC1)c1ccc(Cl)cc1. The first-order valence-electron chi connectivity index (χ1n) is 5.97. The second-order valence-electron chi connectivity index (χ2n) is 4.41. The highest BCUT2D eigenvalue weighted by Gasteiger charge is 2.13. The van der Waals surface area contributed by atoms with Crippen LogP contribution in [0, 0.1) is 5.92 Å². The molecular weight excluding hydrogens is 270 g/mol. The second kappa shape index (κ2) is 5.87. The molecular formula is C13H16ClNO2S. The van der Waals surface area contributed by atoms with Crippen molar-refractivity contribution >= 4 is 21.4 Å². The third-order valence-electron chi connectivity index (χ3n) is 3.06. The highest BCUT2D eigenvalue weighted by molar-refractivity contribution is 7.94. The lowest BCUT2D eigenvalue weighted by Crippen LogP contribution is -2.26. The Morgan fingerprint density at radius 3 is 2.39 bits per heavy atom. The van der Waals surface area contributed by atoms with Crippen LogP contribution in [0.15, 0.2) is 40.6 Å². The lowest BCUT2D eigenvalue weighted by molar-refractivity contribution is 0.437. The van der Waals surface area contributed by atoms with Crippen LogP contribution in [0.3, 0.4) is 0 Å². The smallest absolute Gasteiger partial charge is 0.199 e. The summed E-state index contributed by atoms with van der Waals surface area (Å²) in [5, 5.41) is 5.12. The Morgan fingerprint density at radius 1 is 1.17 bits per heavy atom. The molecule has 0 saturated carbocycles. The molecule has 18 heavy (non-hydrogen) atoms. The van der Waals surface area contributed by atoms with Crippen LogP contribution in [0.2, 0.25) is 5.02 Å². The van der Waals surface area contributed by atoms with E-state index in [9.17, 15) is 8.42 Å². The minimum Gasteiger partial charge on any atom is -0.317 e. The van der Waals surface area contributed by atoms with Gasteiger partial charge in [0.2, 0.25) is 0 Å². The molecule has 1 aliphatic heterocycles. The van der Waals surface area contributed by atoms with Crippen molar-refractivity contribution in [1.29, 1.82) is 0 Å². The zero-order valence-electron chi connectivity index (χ0n) is 9.97. The van der Waals surface area contributed by atoms with Crippen molar-refractivity contribution in [3.8, 4) is 0 Å². The highest BCUT2D eigenvalue weighted by Crippen LogP contribution is 2.19. The Hall–Kier alpha value is -0.840. The van der Waals surface area contributed by atoms with Gasteiger partial charge < -0.3 is 5.32 Å². The summed E-state index contributed by atoms with van der Waals surface area (Å²) in [4.78, 5) is 0.289. The van der Waals surface area contributed by atoms with E-state index in [1.165, 1.54) is 17.5 Å². The van der Waals surface area contributed by atoms with E-state index >= 15 is 0 Å². The van der Waals surface area contributed by atoms with E-state index in [-0.39, 0.29) is 4.90 Å². The highest BCUT2D eigenvalue weighted by atomic mass is 35.5. The van der Waals surface area contributed by atoms with E-state index in [4.69, 9.17) is 11.6 Å². The number of sulfone groups is 1. The first-order chi connectivity index (χ1) is 8.58. The molecule has 0 aromatic heterocycles. The average molecular weight is 286 g/mol. The van der Waals surface area contributed by atoms with Gasteiger partial charge in [-0.05, 0) is 56.1 Å². The summed E-state index contributed by atoms with van der Waals surface area (Å²) in [5.74, 6) is 0.355. The second-order valence-corrected chi connectivity index (χ2v) is 6.68. The van der Waals surface area contributed by atoms with Gasteiger partial charge in [0.1, 0.15) is 0 Å². The molecule has 3 nitrogen and oxygen atoms in total. The van der Waals surface area contributed by atoms with E-state index < -0.39 is 9.84 Å². The van der Waals surface area contributed by atoms with Gasteiger partial charge in [0.05, 0.1) is 4.90 Å². The van der Waals surface area contributed by atoms with Gasteiger partial charge in [0.15, 0.2) is 9.84 Å². The van der Waals surface area contributed by atoms with Gasteiger partial charge in [-0.25, -0.2) is 8.42 Å². The quantitative estimate of drug-likeness (QED) is 0.929. The number of hydrogen-bond acceptors (Lipinski definition) is 3. The molecule has 1 N–H and O–H groups in total. The molecule has 2 rings (SSSR count). The molecule has 0 amide bonds. The number of halogens is 1. The number of hydrogen-bond donors (Lipinski definition) is 1. The third-order valence-corrected chi connectivity index (χ3v) is 4.75. The minimum absolute atomic E-state index is 0.289. The lowest BCUT2D eigenvalue weighted by atomic mass is 9.99. The van der Waals surface area contributed by atoms with Crippen LogP contribution in [0.5, 0.6) is 0 Å². The molecule has 0 spiro atoms. The normalized spacial score (nSPS) is 18.3. The first kappa shape index (κ1) is 13.6. The van der Waals surface area contributed by atoms with Crippen molar-refractivity contribution < 1.29 is 8.42 Å². The topological polar surface area (TPSA) is 46.2 Å². The zero-order valence-corrected chi connectivity index (χ0v) is 11.5. The molecule has 1 aromatic rings. The molecule has 0 atom stereocenters. The lowest BCUT2D eigenvalue weighted by Gasteiger charge is -2.19. The van der Waals surface area contributed by atoms with Crippen molar-refractivity contribution in [2.24, 2.45) is 5.92 Å². The molecule has 0 aliphatic carbocycles. The summed E-state index contributed by atoms with van der Waals surface area (Å²) in [5.41, 5.74) is 0. The van der Waals surface area contributed by atoms with Crippen LogP contribution in [-0.4, -0.2) is 21.5 Å². The monoisotopic (exact) mass is 285 g/mol. The molecule has 1 aliphatic rings. The standard InChI is InChI=1S/C13H16ClNO2S/c14-12-1-3-13(4-2-12)18(16,17)10-7-11-5-8-15-9-6-11/h1-4,7,10-11,15H,5-6,8-9H2. The summed E-state index contributed by atoms with van der Waals surface area (Å²) >= 11 is 5.74. The predicted octanol–water partition coefficient (Wildman–Crippen LogP) is 2.63. The molecule has 1 heterocycles. The van der Waals surface area contributed by atoms with Gasteiger partial charge in [0.25, 0.3) is 0 Å². The van der Waals surface area contributed by atoms with Crippen LogP contribution in [0.1, 0.15) is 12.8 Å². The number of allylic oxidation sites excluding steroid dienone is 1. The van der Waals surface area contributed by atoms with Crippen LogP contribution >= 0.6 is 11.6 Å². The molecule has 1 saturated heterocycles. The van der Waals surface area contributed by atoms with Gasteiger partial charge in [-0.1, -0.05) is 17.7 Å². The molecule has 0 bridgehead atoms.